The number of pyridine rings is 1. The van der Waals surface area contributed by atoms with E-state index >= 15 is 0 Å². The number of nitrogens with zero attached hydrogens (tertiary/aromatic N) is 1. The van der Waals surface area contributed by atoms with Gasteiger partial charge in [0.2, 0.25) is 5.52 Å². The molecule has 1 aromatic heterocycles. The second-order valence-corrected chi connectivity index (χ2v) is 3.84. The molecule has 16 heavy (non-hydrogen) atoms. The summed E-state index contributed by atoms with van der Waals surface area (Å²) in [6.45, 7) is 0. The molecule has 0 spiro atoms. The topological polar surface area (TPSA) is 3.88 Å². The van der Waals surface area contributed by atoms with Crippen molar-refractivity contribution in [1.29, 1.82) is 0 Å². The maximum absolute atomic E-state index is 2.18. The van der Waals surface area contributed by atoms with Gasteiger partial charge in [-0.3, -0.25) is 0 Å². The van der Waals surface area contributed by atoms with E-state index in [0.717, 1.165) is 0 Å². The van der Waals surface area contributed by atoms with E-state index in [0.29, 0.717) is 0 Å². The van der Waals surface area contributed by atoms with Crippen molar-refractivity contribution in [2.24, 2.45) is 7.05 Å². The van der Waals surface area contributed by atoms with Gasteiger partial charge in [-0.15, -0.1) is 0 Å². The van der Waals surface area contributed by atoms with Crippen molar-refractivity contribution in [1.82, 2.24) is 0 Å². The second-order valence-electron chi connectivity index (χ2n) is 3.84. The van der Waals surface area contributed by atoms with Crippen LogP contribution in [0.1, 0.15) is 0 Å². The number of halogens is 1. The molecule has 0 saturated heterocycles. The lowest BCUT2D eigenvalue weighted by Gasteiger charge is -2.01. The molecule has 1 heterocycles. The number of hydrogen-bond donors (Lipinski definition) is 0. The van der Waals surface area contributed by atoms with Gasteiger partial charge in [-0.2, -0.15) is 0 Å². The third kappa shape index (κ3) is 1.67. The van der Waals surface area contributed by atoms with Crippen LogP contribution < -0.4 is 28.5 Å². The summed E-state index contributed by atoms with van der Waals surface area (Å²) in [6, 6.07) is 17.1. The highest BCUT2D eigenvalue weighted by molar-refractivity contribution is 6.04. The number of fused-ring (bicyclic) bond motifs is 3. The van der Waals surface area contributed by atoms with E-state index in [4.69, 9.17) is 0 Å². The number of benzene rings is 2. The minimum Gasteiger partial charge on any atom is -1.00 e. The molecule has 80 valence electrons. The normalized spacial score (nSPS) is 10.3. The Balaban J connectivity index is 0.000000963. The molecular formula is C14H12IN. The first kappa shape index (κ1) is 11.3. The van der Waals surface area contributed by atoms with E-state index in [2.05, 4.69) is 66.3 Å². The van der Waals surface area contributed by atoms with Crippen LogP contribution in [0.15, 0.2) is 54.7 Å². The molecule has 0 unspecified atom stereocenters. The van der Waals surface area contributed by atoms with Gasteiger partial charge >= 0.3 is 0 Å². The van der Waals surface area contributed by atoms with Crippen molar-refractivity contribution < 1.29 is 28.5 Å². The zero-order chi connectivity index (χ0) is 10.3. The quantitative estimate of drug-likeness (QED) is 0.307. The van der Waals surface area contributed by atoms with E-state index in [-0.39, 0.29) is 24.0 Å². The standard InChI is InChI=1S/C14H12N.HI/c1-15-10-4-7-13-12-6-3-2-5-11(12)8-9-14(13)15;/h2-10H,1H3;1H/q+1;/p-1. The summed E-state index contributed by atoms with van der Waals surface area (Å²) in [5.74, 6) is 0. The van der Waals surface area contributed by atoms with Crippen LogP contribution in [0, 0.1) is 0 Å². The molecule has 0 radical (unpaired) electrons. The summed E-state index contributed by atoms with van der Waals surface area (Å²) in [5, 5.41) is 3.94. The first-order valence-corrected chi connectivity index (χ1v) is 5.12. The maximum Gasteiger partial charge on any atom is 0.212 e. The van der Waals surface area contributed by atoms with Crippen LogP contribution in [0.5, 0.6) is 0 Å². The van der Waals surface area contributed by atoms with Gasteiger partial charge in [0, 0.05) is 12.1 Å². The minimum atomic E-state index is 0. The Hall–Kier alpha value is -1.16. The molecule has 2 heteroatoms. The van der Waals surface area contributed by atoms with E-state index in [1.54, 1.807) is 0 Å². The molecule has 3 rings (SSSR count). The average molecular weight is 321 g/mol. The third-order valence-electron chi connectivity index (χ3n) is 2.90. The van der Waals surface area contributed by atoms with Gasteiger partial charge in [-0.1, -0.05) is 24.3 Å². The Morgan fingerprint density at radius 1 is 0.812 bits per heavy atom. The first-order chi connectivity index (χ1) is 7.36. The zero-order valence-electron chi connectivity index (χ0n) is 9.02. The monoisotopic (exact) mass is 321 g/mol. The lowest BCUT2D eigenvalue weighted by Crippen LogP contribution is -3.00. The van der Waals surface area contributed by atoms with Crippen molar-refractivity contribution in [3.8, 4) is 0 Å². The van der Waals surface area contributed by atoms with Gasteiger partial charge in [-0.25, -0.2) is 4.57 Å². The van der Waals surface area contributed by atoms with Gasteiger partial charge in [0.15, 0.2) is 6.20 Å². The molecule has 0 N–H and O–H groups in total. The average Bonchev–Trinajstić information content (AvgIpc) is 2.29. The van der Waals surface area contributed by atoms with Crippen LogP contribution in [-0.4, -0.2) is 0 Å². The molecule has 0 saturated carbocycles. The maximum atomic E-state index is 2.18. The van der Waals surface area contributed by atoms with Crippen molar-refractivity contribution >= 4 is 21.7 Å². The van der Waals surface area contributed by atoms with E-state index in [1.807, 2.05) is 0 Å². The fourth-order valence-corrected chi connectivity index (χ4v) is 2.12. The van der Waals surface area contributed by atoms with E-state index in [9.17, 15) is 0 Å². The lowest BCUT2D eigenvalue weighted by molar-refractivity contribution is -0.644. The molecule has 1 nitrogen and oxygen atoms in total. The summed E-state index contributed by atoms with van der Waals surface area (Å²) in [6.07, 6.45) is 2.08. The number of aromatic nitrogens is 1. The molecule has 0 aliphatic rings. The van der Waals surface area contributed by atoms with Crippen molar-refractivity contribution in [2.45, 2.75) is 0 Å². The predicted molar refractivity (Wildman–Crippen MR) is 62.6 cm³/mol. The van der Waals surface area contributed by atoms with Gasteiger partial charge < -0.3 is 24.0 Å². The summed E-state index contributed by atoms with van der Waals surface area (Å²) >= 11 is 0. The number of aryl methyl sites for hydroxylation is 1. The smallest absolute Gasteiger partial charge is 0.212 e. The van der Waals surface area contributed by atoms with Crippen LogP contribution >= 0.6 is 0 Å². The fraction of sp³-hybridized carbons (Fsp3) is 0.0714. The lowest BCUT2D eigenvalue weighted by atomic mass is 10.1. The number of rotatable bonds is 0. The van der Waals surface area contributed by atoms with Gasteiger partial charge in [0.05, 0.1) is 5.39 Å². The fourth-order valence-electron chi connectivity index (χ4n) is 2.12. The molecule has 0 aliphatic heterocycles. The number of hydrogen-bond acceptors (Lipinski definition) is 0. The van der Waals surface area contributed by atoms with Gasteiger partial charge in [0.1, 0.15) is 7.05 Å². The summed E-state index contributed by atoms with van der Waals surface area (Å²) < 4.78 is 2.15. The highest BCUT2D eigenvalue weighted by Gasteiger charge is 2.06. The van der Waals surface area contributed by atoms with Gasteiger partial charge in [-0.05, 0) is 22.9 Å². The van der Waals surface area contributed by atoms with Crippen LogP contribution in [0.4, 0.5) is 0 Å². The molecule has 0 bridgehead atoms. The Labute approximate surface area is 112 Å². The molecule has 0 fully saturated rings. The largest absolute Gasteiger partial charge is 1.00 e. The van der Waals surface area contributed by atoms with Crippen LogP contribution in [0.2, 0.25) is 0 Å². The molecule has 3 aromatic rings. The highest BCUT2D eigenvalue weighted by Crippen LogP contribution is 2.22. The van der Waals surface area contributed by atoms with Crippen LogP contribution in [-0.2, 0) is 7.05 Å². The first-order valence-electron chi connectivity index (χ1n) is 5.12. The molecule has 0 atom stereocenters. The van der Waals surface area contributed by atoms with Crippen molar-refractivity contribution in [3.05, 3.63) is 54.7 Å². The Morgan fingerprint density at radius 2 is 1.56 bits per heavy atom. The molecule has 0 aliphatic carbocycles. The van der Waals surface area contributed by atoms with Crippen LogP contribution in [0.25, 0.3) is 21.7 Å². The Bertz CT molecular complexity index is 646. The van der Waals surface area contributed by atoms with Crippen molar-refractivity contribution in [3.63, 3.8) is 0 Å². The summed E-state index contributed by atoms with van der Waals surface area (Å²) in [5.41, 5.74) is 1.27. The summed E-state index contributed by atoms with van der Waals surface area (Å²) in [7, 11) is 2.08. The highest BCUT2D eigenvalue weighted by atomic mass is 127. The molecule has 2 aromatic carbocycles. The van der Waals surface area contributed by atoms with E-state index < -0.39 is 0 Å². The van der Waals surface area contributed by atoms with Gasteiger partial charge in [0.25, 0.3) is 0 Å². The van der Waals surface area contributed by atoms with Crippen molar-refractivity contribution in [2.75, 3.05) is 0 Å². The molecular weight excluding hydrogens is 309 g/mol. The summed E-state index contributed by atoms with van der Waals surface area (Å²) in [4.78, 5) is 0. The third-order valence-corrected chi connectivity index (χ3v) is 2.90. The van der Waals surface area contributed by atoms with Crippen LogP contribution in [0.3, 0.4) is 0 Å². The van der Waals surface area contributed by atoms with E-state index in [1.165, 1.54) is 21.7 Å². The Kier molecular flexibility index (Phi) is 3.10. The second kappa shape index (κ2) is 4.37. The predicted octanol–water partition coefficient (Wildman–Crippen LogP) is -0.179. The molecule has 0 amide bonds. The Morgan fingerprint density at radius 3 is 2.44 bits per heavy atom. The SMILES string of the molecule is C[n+]1cccc2c3ccccc3ccc21.[I-]. The zero-order valence-corrected chi connectivity index (χ0v) is 11.2. The minimum absolute atomic E-state index is 0.